The Morgan fingerprint density at radius 2 is 2.28 bits per heavy atom. The van der Waals surface area contributed by atoms with Crippen molar-refractivity contribution < 1.29 is 19.1 Å². The van der Waals surface area contributed by atoms with Crippen molar-refractivity contribution in [1.29, 1.82) is 0 Å². The fourth-order valence-electron chi connectivity index (χ4n) is 1.47. The summed E-state index contributed by atoms with van der Waals surface area (Å²) in [5.41, 5.74) is 0.271. The molecule has 1 aromatic carbocycles. The second-order valence-corrected chi connectivity index (χ2v) is 4.55. The van der Waals surface area contributed by atoms with Gasteiger partial charge in [-0.2, -0.15) is 0 Å². The highest BCUT2D eigenvalue weighted by Crippen LogP contribution is 2.30. The van der Waals surface area contributed by atoms with Gasteiger partial charge in [-0.15, -0.1) is 11.8 Å². The maximum atomic E-state index is 11.1. The van der Waals surface area contributed by atoms with Crippen LogP contribution in [0.15, 0.2) is 45.9 Å². The predicted octanol–water partition coefficient (Wildman–Crippen LogP) is 3.28. The van der Waals surface area contributed by atoms with Gasteiger partial charge in [-0.05, 0) is 30.3 Å². The molecule has 1 heterocycles. The maximum Gasteiger partial charge on any atom is 0.336 e. The van der Waals surface area contributed by atoms with Gasteiger partial charge in [0.15, 0.2) is 0 Å². The molecule has 1 N–H and O–H groups in total. The van der Waals surface area contributed by atoms with Crippen molar-refractivity contribution in [1.82, 2.24) is 0 Å². The Kier molecular flexibility index (Phi) is 3.94. The summed E-state index contributed by atoms with van der Waals surface area (Å²) in [5, 5.41) is 9.11. The number of benzene rings is 1. The molecule has 0 fully saturated rings. The summed E-state index contributed by atoms with van der Waals surface area (Å²) in [5.74, 6) is 1.08. The third kappa shape index (κ3) is 2.87. The number of thioether (sulfide) groups is 1. The number of hydrogen-bond donors (Lipinski definition) is 1. The molecule has 0 aliphatic carbocycles. The Balaban J connectivity index is 2.20. The van der Waals surface area contributed by atoms with Gasteiger partial charge < -0.3 is 14.3 Å². The zero-order valence-electron chi connectivity index (χ0n) is 9.75. The lowest BCUT2D eigenvalue weighted by Gasteiger charge is -2.07. The number of rotatable bonds is 5. The van der Waals surface area contributed by atoms with Gasteiger partial charge in [0.25, 0.3) is 0 Å². The van der Waals surface area contributed by atoms with E-state index in [0.29, 0.717) is 16.4 Å². The summed E-state index contributed by atoms with van der Waals surface area (Å²) in [6.45, 7) is 0. The molecule has 94 valence electrons. The van der Waals surface area contributed by atoms with Crippen molar-refractivity contribution in [2.45, 2.75) is 10.6 Å². The maximum absolute atomic E-state index is 11.1. The standard InChI is InChI=1S/C13H12O4S/c1-16-9-4-5-11(13(14)15)12(7-9)18-8-10-3-2-6-17-10/h2-7H,8H2,1H3,(H,14,15). The minimum Gasteiger partial charge on any atom is -0.497 e. The van der Waals surface area contributed by atoms with Crippen LogP contribution in [-0.2, 0) is 5.75 Å². The number of methoxy groups -OCH3 is 1. The lowest BCUT2D eigenvalue weighted by Crippen LogP contribution is -1.99. The summed E-state index contributed by atoms with van der Waals surface area (Å²) in [7, 11) is 1.55. The molecule has 0 radical (unpaired) electrons. The first-order valence-corrected chi connectivity index (χ1v) is 6.26. The van der Waals surface area contributed by atoms with Gasteiger partial charge in [0.1, 0.15) is 11.5 Å². The molecule has 2 aromatic rings. The van der Waals surface area contributed by atoms with Gasteiger partial charge in [0, 0.05) is 4.90 Å². The molecule has 0 spiro atoms. The minimum atomic E-state index is -0.945. The van der Waals surface area contributed by atoms with Gasteiger partial charge in [-0.3, -0.25) is 0 Å². The number of carboxylic acid groups (broad SMARTS) is 1. The van der Waals surface area contributed by atoms with Crippen LogP contribution in [0.5, 0.6) is 5.75 Å². The predicted molar refractivity (Wildman–Crippen MR) is 68.2 cm³/mol. The highest BCUT2D eigenvalue weighted by Gasteiger charge is 2.12. The Bertz CT molecular complexity index is 534. The Labute approximate surface area is 109 Å². The number of furan rings is 1. The van der Waals surface area contributed by atoms with E-state index in [1.54, 1.807) is 37.6 Å². The summed E-state index contributed by atoms with van der Waals surface area (Å²) >= 11 is 1.41. The number of carbonyl (C=O) groups is 1. The van der Waals surface area contributed by atoms with Crippen molar-refractivity contribution in [2.24, 2.45) is 0 Å². The van der Waals surface area contributed by atoms with E-state index >= 15 is 0 Å². The van der Waals surface area contributed by atoms with E-state index in [2.05, 4.69) is 0 Å². The number of carboxylic acids is 1. The lowest BCUT2D eigenvalue weighted by atomic mass is 10.2. The fraction of sp³-hybridized carbons (Fsp3) is 0.154. The quantitative estimate of drug-likeness (QED) is 0.840. The molecule has 1 aromatic heterocycles. The molecule has 0 saturated carbocycles. The van der Waals surface area contributed by atoms with Crippen LogP contribution in [0, 0.1) is 0 Å². The molecule has 4 nitrogen and oxygen atoms in total. The lowest BCUT2D eigenvalue weighted by molar-refractivity contribution is 0.0693. The van der Waals surface area contributed by atoms with Crippen LogP contribution in [0.1, 0.15) is 16.1 Å². The highest BCUT2D eigenvalue weighted by atomic mass is 32.2. The second kappa shape index (κ2) is 5.64. The minimum absolute atomic E-state index is 0.271. The van der Waals surface area contributed by atoms with Crippen molar-refractivity contribution in [3.05, 3.63) is 47.9 Å². The molecule has 0 saturated heterocycles. The van der Waals surface area contributed by atoms with Crippen LogP contribution in [-0.4, -0.2) is 18.2 Å². The first-order chi connectivity index (χ1) is 8.70. The first-order valence-electron chi connectivity index (χ1n) is 5.27. The number of ether oxygens (including phenoxy) is 1. The van der Waals surface area contributed by atoms with Crippen molar-refractivity contribution in [2.75, 3.05) is 7.11 Å². The van der Waals surface area contributed by atoms with Crippen LogP contribution in [0.3, 0.4) is 0 Å². The number of aromatic carboxylic acids is 1. The summed E-state index contributed by atoms with van der Waals surface area (Å²) in [6.07, 6.45) is 1.60. The van der Waals surface area contributed by atoms with Crippen LogP contribution in [0.4, 0.5) is 0 Å². The molecule has 5 heteroatoms. The summed E-state index contributed by atoms with van der Waals surface area (Å²) < 4.78 is 10.3. The Morgan fingerprint density at radius 1 is 1.44 bits per heavy atom. The fourth-order valence-corrected chi connectivity index (χ4v) is 2.44. The van der Waals surface area contributed by atoms with E-state index in [9.17, 15) is 4.79 Å². The zero-order valence-corrected chi connectivity index (χ0v) is 10.6. The van der Waals surface area contributed by atoms with Crippen molar-refractivity contribution >= 4 is 17.7 Å². The Hall–Kier alpha value is -1.88. The molecule has 18 heavy (non-hydrogen) atoms. The van der Waals surface area contributed by atoms with E-state index < -0.39 is 5.97 Å². The van der Waals surface area contributed by atoms with Crippen LogP contribution < -0.4 is 4.74 Å². The summed E-state index contributed by atoms with van der Waals surface area (Å²) in [6, 6.07) is 8.57. The average Bonchev–Trinajstić information content (AvgIpc) is 2.88. The van der Waals surface area contributed by atoms with Gasteiger partial charge in [-0.25, -0.2) is 4.79 Å². The molecule has 2 rings (SSSR count). The van der Waals surface area contributed by atoms with Crippen LogP contribution in [0.2, 0.25) is 0 Å². The van der Waals surface area contributed by atoms with Crippen LogP contribution in [0.25, 0.3) is 0 Å². The molecule has 0 unspecified atom stereocenters. The third-order valence-electron chi connectivity index (χ3n) is 2.37. The van der Waals surface area contributed by atoms with Crippen LogP contribution >= 0.6 is 11.8 Å². The molecule has 0 aliphatic rings. The SMILES string of the molecule is COc1ccc(C(=O)O)c(SCc2ccco2)c1. The van der Waals surface area contributed by atoms with Crippen molar-refractivity contribution in [3.8, 4) is 5.75 Å². The summed E-state index contributed by atoms with van der Waals surface area (Å²) in [4.78, 5) is 11.8. The van der Waals surface area contributed by atoms with Gasteiger partial charge in [0.2, 0.25) is 0 Å². The molecule has 0 bridgehead atoms. The van der Waals surface area contributed by atoms with Gasteiger partial charge >= 0.3 is 5.97 Å². The highest BCUT2D eigenvalue weighted by molar-refractivity contribution is 7.98. The topological polar surface area (TPSA) is 59.7 Å². The van der Waals surface area contributed by atoms with E-state index in [0.717, 1.165) is 5.76 Å². The smallest absolute Gasteiger partial charge is 0.336 e. The molecule has 0 aliphatic heterocycles. The normalized spacial score (nSPS) is 10.3. The second-order valence-electron chi connectivity index (χ2n) is 3.54. The van der Waals surface area contributed by atoms with Gasteiger partial charge in [-0.1, -0.05) is 0 Å². The third-order valence-corrected chi connectivity index (χ3v) is 3.45. The molecular formula is C13H12O4S. The average molecular weight is 264 g/mol. The van der Waals surface area contributed by atoms with E-state index in [1.165, 1.54) is 11.8 Å². The van der Waals surface area contributed by atoms with Gasteiger partial charge in [0.05, 0.1) is 24.7 Å². The van der Waals surface area contributed by atoms with E-state index in [-0.39, 0.29) is 5.56 Å². The number of hydrogen-bond acceptors (Lipinski definition) is 4. The van der Waals surface area contributed by atoms with Crippen molar-refractivity contribution in [3.63, 3.8) is 0 Å². The van der Waals surface area contributed by atoms with E-state index in [1.807, 2.05) is 6.07 Å². The molecule has 0 atom stereocenters. The first kappa shape index (κ1) is 12.6. The largest absolute Gasteiger partial charge is 0.497 e. The monoisotopic (exact) mass is 264 g/mol. The zero-order chi connectivity index (χ0) is 13.0. The molecular weight excluding hydrogens is 252 g/mol. The molecule has 0 amide bonds. The Morgan fingerprint density at radius 3 is 2.89 bits per heavy atom. The van der Waals surface area contributed by atoms with E-state index in [4.69, 9.17) is 14.3 Å².